The van der Waals surface area contributed by atoms with Crippen LogP contribution in [0.4, 0.5) is 0 Å². The van der Waals surface area contributed by atoms with E-state index in [0.717, 1.165) is 11.1 Å². The number of phenols is 2. The number of hydrogen-bond donors (Lipinski definition) is 2. The van der Waals surface area contributed by atoms with E-state index in [-0.39, 0.29) is 17.4 Å². The molecule has 0 aliphatic rings. The number of thiophene rings is 1. The minimum atomic E-state index is 0.182. The van der Waals surface area contributed by atoms with Crippen LogP contribution in [-0.4, -0.2) is 10.2 Å². The minimum Gasteiger partial charge on any atom is -0.507 e. The zero-order valence-electron chi connectivity index (χ0n) is 12.6. The molecule has 3 aromatic rings. The zero-order valence-corrected chi connectivity index (χ0v) is 13.4. The first kappa shape index (κ1) is 14.7. The predicted octanol–water partition coefficient (Wildman–Crippen LogP) is 5.29. The summed E-state index contributed by atoms with van der Waals surface area (Å²) in [7, 11) is 0. The van der Waals surface area contributed by atoms with Crippen LogP contribution in [0, 0.1) is 6.92 Å². The second kappa shape index (κ2) is 5.85. The zero-order chi connectivity index (χ0) is 15.7. The van der Waals surface area contributed by atoms with Gasteiger partial charge in [0.1, 0.15) is 11.5 Å². The van der Waals surface area contributed by atoms with Crippen LogP contribution in [-0.2, 0) is 0 Å². The average Bonchev–Trinajstić information content (AvgIpc) is 3.04. The minimum absolute atomic E-state index is 0.182. The van der Waals surface area contributed by atoms with Crippen LogP contribution in [0.3, 0.4) is 0 Å². The molecule has 22 heavy (non-hydrogen) atoms. The number of hydrogen-bond acceptors (Lipinski definition) is 3. The van der Waals surface area contributed by atoms with Crippen molar-refractivity contribution in [3.05, 3.63) is 69.9 Å². The lowest BCUT2D eigenvalue weighted by atomic mass is 9.91. The molecule has 0 saturated carbocycles. The Bertz CT molecular complexity index is 791. The molecule has 0 aliphatic carbocycles. The van der Waals surface area contributed by atoms with Crippen LogP contribution in [0.5, 0.6) is 11.5 Å². The lowest BCUT2D eigenvalue weighted by Crippen LogP contribution is -1.95. The van der Waals surface area contributed by atoms with Gasteiger partial charge in [-0.15, -0.1) is 0 Å². The Kier molecular flexibility index (Phi) is 3.90. The Balaban J connectivity index is 2.09. The van der Waals surface area contributed by atoms with E-state index in [1.165, 1.54) is 5.56 Å². The highest BCUT2D eigenvalue weighted by molar-refractivity contribution is 7.08. The smallest absolute Gasteiger partial charge is 0.123 e. The predicted molar refractivity (Wildman–Crippen MR) is 91.8 cm³/mol. The molecule has 0 aliphatic heterocycles. The first-order chi connectivity index (χ1) is 10.6. The van der Waals surface area contributed by atoms with E-state index in [1.54, 1.807) is 23.5 Å². The van der Waals surface area contributed by atoms with Gasteiger partial charge < -0.3 is 10.2 Å². The number of benzene rings is 2. The molecule has 3 rings (SSSR count). The van der Waals surface area contributed by atoms with Gasteiger partial charge in [0.2, 0.25) is 0 Å². The fourth-order valence-electron chi connectivity index (χ4n) is 2.62. The molecule has 1 atom stereocenters. The largest absolute Gasteiger partial charge is 0.507 e. The molecule has 112 valence electrons. The average molecular weight is 310 g/mol. The molecule has 0 fully saturated rings. The monoisotopic (exact) mass is 310 g/mol. The summed E-state index contributed by atoms with van der Waals surface area (Å²) in [6, 6.07) is 13.1. The van der Waals surface area contributed by atoms with E-state index < -0.39 is 0 Å². The second-order valence-corrected chi connectivity index (χ2v) is 6.36. The number of aryl methyl sites for hydroxylation is 1. The van der Waals surface area contributed by atoms with Crippen molar-refractivity contribution in [1.82, 2.24) is 0 Å². The second-order valence-electron chi connectivity index (χ2n) is 5.58. The van der Waals surface area contributed by atoms with Crippen LogP contribution >= 0.6 is 11.3 Å². The van der Waals surface area contributed by atoms with Gasteiger partial charge in [0.05, 0.1) is 0 Å². The van der Waals surface area contributed by atoms with E-state index in [1.807, 2.05) is 31.2 Å². The lowest BCUT2D eigenvalue weighted by molar-refractivity contribution is 0.469. The van der Waals surface area contributed by atoms with Crippen molar-refractivity contribution in [2.24, 2.45) is 0 Å². The fraction of sp³-hybridized carbons (Fsp3) is 0.158. The molecule has 1 aromatic heterocycles. The quantitative estimate of drug-likeness (QED) is 0.690. The van der Waals surface area contributed by atoms with Crippen molar-refractivity contribution in [2.75, 3.05) is 0 Å². The van der Waals surface area contributed by atoms with Crippen LogP contribution < -0.4 is 0 Å². The van der Waals surface area contributed by atoms with E-state index in [4.69, 9.17) is 0 Å². The molecule has 2 aromatic carbocycles. The Morgan fingerprint density at radius 2 is 1.55 bits per heavy atom. The van der Waals surface area contributed by atoms with Crippen LogP contribution in [0.1, 0.15) is 29.5 Å². The summed E-state index contributed by atoms with van der Waals surface area (Å²) in [6.45, 7) is 4.12. The maximum absolute atomic E-state index is 10.2. The molecule has 0 bridgehead atoms. The van der Waals surface area contributed by atoms with E-state index in [0.29, 0.717) is 11.1 Å². The Morgan fingerprint density at radius 3 is 2.23 bits per heavy atom. The third kappa shape index (κ3) is 2.72. The Morgan fingerprint density at radius 1 is 0.864 bits per heavy atom. The third-order valence-corrected chi connectivity index (χ3v) is 4.71. The van der Waals surface area contributed by atoms with Crippen molar-refractivity contribution < 1.29 is 10.2 Å². The first-order valence-corrected chi connectivity index (χ1v) is 8.15. The van der Waals surface area contributed by atoms with E-state index in [9.17, 15) is 10.2 Å². The van der Waals surface area contributed by atoms with Crippen molar-refractivity contribution in [1.29, 1.82) is 0 Å². The van der Waals surface area contributed by atoms with Crippen molar-refractivity contribution in [3.63, 3.8) is 0 Å². The van der Waals surface area contributed by atoms with Crippen molar-refractivity contribution in [3.8, 4) is 22.6 Å². The summed E-state index contributed by atoms with van der Waals surface area (Å²) in [5, 5.41) is 24.5. The van der Waals surface area contributed by atoms with E-state index in [2.05, 4.69) is 23.8 Å². The van der Waals surface area contributed by atoms with E-state index >= 15 is 0 Å². The molecular weight excluding hydrogens is 292 g/mol. The third-order valence-electron chi connectivity index (χ3n) is 4.01. The summed E-state index contributed by atoms with van der Waals surface area (Å²) in [5.74, 6) is 0.612. The Hall–Kier alpha value is -2.26. The first-order valence-electron chi connectivity index (χ1n) is 7.21. The molecular formula is C19H18O2S. The number of phenolic OH excluding ortho intramolecular Hbond substituents is 2. The maximum atomic E-state index is 10.2. The summed E-state index contributed by atoms with van der Waals surface area (Å²) >= 11 is 1.68. The highest BCUT2D eigenvalue weighted by Gasteiger charge is 2.14. The number of rotatable bonds is 3. The fourth-order valence-corrected chi connectivity index (χ4v) is 3.37. The van der Waals surface area contributed by atoms with Gasteiger partial charge in [-0.1, -0.05) is 24.6 Å². The summed E-state index contributed by atoms with van der Waals surface area (Å²) < 4.78 is 0. The van der Waals surface area contributed by atoms with Gasteiger partial charge >= 0.3 is 0 Å². The molecule has 3 heteroatoms. The summed E-state index contributed by atoms with van der Waals surface area (Å²) in [4.78, 5) is 0. The molecule has 2 nitrogen and oxygen atoms in total. The molecule has 0 saturated heterocycles. The van der Waals surface area contributed by atoms with Crippen molar-refractivity contribution in [2.45, 2.75) is 19.8 Å². The molecule has 0 amide bonds. The topological polar surface area (TPSA) is 40.5 Å². The molecule has 0 radical (unpaired) electrons. The highest BCUT2D eigenvalue weighted by Crippen LogP contribution is 2.38. The van der Waals surface area contributed by atoms with Gasteiger partial charge in [-0.05, 0) is 59.1 Å². The number of aromatic hydroxyl groups is 2. The van der Waals surface area contributed by atoms with Crippen LogP contribution in [0.25, 0.3) is 11.1 Å². The Labute approximate surface area is 134 Å². The maximum Gasteiger partial charge on any atom is 0.123 e. The van der Waals surface area contributed by atoms with Gasteiger partial charge in [0.15, 0.2) is 0 Å². The lowest BCUT2D eigenvalue weighted by Gasteiger charge is -2.14. The highest BCUT2D eigenvalue weighted by atomic mass is 32.1. The van der Waals surface area contributed by atoms with Gasteiger partial charge in [-0.2, -0.15) is 11.3 Å². The molecule has 1 heterocycles. The van der Waals surface area contributed by atoms with Crippen LogP contribution in [0.15, 0.2) is 53.2 Å². The van der Waals surface area contributed by atoms with Gasteiger partial charge in [-0.3, -0.25) is 0 Å². The summed E-state index contributed by atoms with van der Waals surface area (Å²) in [6.07, 6.45) is 0. The standard InChI is InChI=1S/C19H18O2S/c1-12-3-5-18(20)16(9-12)17-10-14(4-6-19(17)21)13(2)15-7-8-22-11-15/h3-11,13,20-21H,1-2H3. The summed E-state index contributed by atoms with van der Waals surface area (Å²) in [5.41, 5.74) is 4.75. The SMILES string of the molecule is Cc1ccc(O)c(-c2cc(C(C)c3ccsc3)ccc2O)c1. The van der Waals surface area contributed by atoms with Crippen molar-refractivity contribution >= 4 is 11.3 Å². The normalized spacial score (nSPS) is 12.3. The molecule has 2 N–H and O–H groups in total. The van der Waals surface area contributed by atoms with Gasteiger partial charge in [0, 0.05) is 17.0 Å². The molecule has 1 unspecified atom stereocenters. The van der Waals surface area contributed by atoms with Gasteiger partial charge in [-0.25, -0.2) is 0 Å². The van der Waals surface area contributed by atoms with Crippen LogP contribution in [0.2, 0.25) is 0 Å². The van der Waals surface area contributed by atoms with Gasteiger partial charge in [0.25, 0.3) is 0 Å². The molecule has 0 spiro atoms.